The van der Waals surface area contributed by atoms with Crippen molar-refractivity contribution < 1.29 is 4.79 Å². The molecule has 2 aromatic rings. The maximum atomic E-state index is 12.2. The first-order chi connectivity index (χ1) is 13.0. The molecule has 0 bridgehead atoms. The van der Waals surface area contributed by atoms with Gasteiger partial charge in [-0.3, -0.25) is 4.79 Å². The summed E-state index contributed by atoms with van der Waals surface area (Å²) in [5.74, 6) is 1.14. The molecule has 0 radical (unpaired) electrons. The Labute approximate surface area is 169 Å². The summed E-state index contributed by atoms with van der Waals surface area (Å²) in [6.07, 6.45) is 3.43. The van der Waals surface area contributed by atoms with Crippen LogP contribution < -0.4 is 5.32 Å². The molecule has 0 fully saturated rings. The van der Waals surface area contributed by atoms with Gasteiger partial charge in [-0.05, 0) is 61.4 Å². The standard InChI is InChI=1S/C21H22ClN3OS/c1-13-3-6-18-15(9-13)10-16(12-23)21(25-18)27-8-7-20(26)24-19-11-17(22)5-4-14(19)2/h4-5,10-11,13H,3,6-9H2,1-2H3,(H,24,26). The summed E-state index contributed by atoms with van der Waals surface area (Å²) < 4.78 is 0. The second kappa shape index (κ2) is 8.77. The number of nitrogens with one attached hydrogen (secondary N) is 1. The SMILES string of the molecule is Cc1ccc(Cl)cc1NC(=O)CCSc1nc2c(cc1C#N)CC(C)CC2. The van der Waals surface area contributed by atoms with Gasteiger partial charge in [0.15, 0.2) is 0 Å². The van der Waals surface area contributed by atoms with Crippen molar-refractivity contribution in [2.45, 2.75) is 44.6 Å². The molecular formula is C21H22ClN3OS. The predicted octanol–water partition coefficient (Wildman–Crippen LogP) is 5.16. The number of halogens is 1. The summed E-state index contributed by atoms with van der Waals surface area (Å²) >= 11 is 7.46. The van der Waals surface area contributed by atoms with Crippen molar-refractivity contribution in [3.8, 4) is 6.07 Å². The van der Waals surface area contributed by atoms with Gasteiger partial charge < -0.3 is 5.32 Å². The van der Waals surface area contributed by atoms with Gasteiger partial charge in [-0.25, -0.2) is 4.98 Å². The maximum Gasteiger partial charge on any atom is 0.225 e. The number of fused-ring (bicyclic) bond motifs is 1. The van der Waals surface area contributed by atoms with E-state index in [1.807, 2.05) is 19.1 Å². The van der Waals surface area contributed by atoms with Crippen molar-refractivity contribution in [1.29, 1.82) is 5.26 Å². The average Bonchev–Trinajstić information content (AvgIpc) is 2.64. The van der Waals surface area contributed by atoms with Crippen molar-refractivity contribution >= 4 is 35.0 Å². The van der Waals surface area contributed by atoms with Crippen LogP contribution in [0.3, 0.4) is 0 Å². The number of anilines is 1. The van der Waals surface area contributed by atoms with Crippen LogP contribution in [-0.4, -0.2) is 16.6 Å². The highest BCUT2D eigenvalue weighted by Gasteiger charge is 2.19. The molecule has 1 heterocycles. The fraction of sp³-hybridized carbons (Fsp3) is 0.381. The minimum absolute atomic E-state index is 0.0711. The number of rotatable bonds is 5. The van der Waals surface area contributed by atoms with Crippen molar-refractivity contribution in [2.75, 3.05) is 11.1 Å². The first-order valence-corrected chi connectivity index (χ1v) is 10.4. The number of benzene rings is 1. The Kier molecular flexibility index (Phi) is 6.41. The third kappa shape index (κ3) is 5.03. The van der Waals surface area contributed by atoms with Crippen LogP contribution in [0.4, 0.5) is 5.69 Å². The topological polar surface area (TPSA) is 65.8 Å². The molecule has 1 aromatic heterocycles. The van der Waals surface area contributed by atoms with Crippen LogP contribution in [0.5, 0.6) is 0 Å². The number of thioether (sulfide) groups is 1. The molecule has 0 spiro atoms. The van der Waals surface area contributed by atoms with Crippen LogP contribution in [0, 0.1) is 24.2 Å². The first kappa shape index (κ1) is 19.7. The van der Waals surface area contributed by atoms with Crippen LogP contribution in [0.2, 0.25) is 5.02 Å². The number of amides is 1. The van der Waals surface area contributed by atoms with E-state index in [4.69, 9.17) is 16.6 Å². The molecule has 1 unspecified atom stereocenters. The van der Waals surface area contributed by atoms with Crippen molar-refractivity contribution in [2.24, 2.45) is 5.92 Å². The van der Waals surface area contributed by atoms with E-state index in [1.54, 1.807) is 12.1 Å². The largest absolute Gasteiger partial charge is 0.326 e. The van der Waals surface area contributed by atoms with Gasteiger partial charge in [0.25, 0.3) is 0 Å². The quantitative estimate of drug-likeness (QED) is 0.705. The van der Waals surface area contributed by atoms with Crippen molar-refractivity contribution in [3.63, 3.8) is 0 Å². The molecule has 1 atom stereocenters. The molecule has 0 saturated carbocycles. The van der Waals surface area contributed by atoms with Gasteiger partial charge in [-0.2, -0.15) is 5.26 Å². The van der Waals surface area contributed by atoms with Gasteiger partial charge in [-0.1, -0.05) is 24.6 Å². The number of carbonyl (C=O) groups excluding carboxylic acids is 1. The van der Waals surface area contributed by atoms with Gasteiger partial charge in [-0.15, -0.1) is 11.8 Å². The molecule has 27 heavy (non-hydrogen) atoms. The summed E-state index contributed by atoms with van der Waals surface area (Å²) in [7, 11) is 0. The number of nitriles is 1. The van der Waals surface area contributed by atoms with Crippen LogP contribution in [-0.2, 0) is 17.6 Å². The van der Waals surface area contributed by atoms with E-state index < -0.39 is 0 Å². The zero-order valence-electron chi connectivity index (χ0n) is 15.5. The number of hydrogen-bond donors (Lipinski definition) is 1. The van der Waals surface area contributed by atoms with E-state index in [9.17, 15) is 10.1 Å². The zero-order valence-corrected chi connectivity index (χ0v) is 17.1. The lowest BCUT2D eigenvalue weighted by Gasteiger charge is -2.21. The number of nitrogens with zero attached hydrogens (tertiary/aromatic N) is 2. The van der Waals surface area contributed by atoms with E-state index in [-0.39, 0.29) is 5.91 Å². The molecule has 1 aliphatic rings. The fourth-order valence-corrected chi connectivity index (χ4v) is 4.29. The summed E-state index contributed by atoms with van der Waals surface area (Å²) in [5, 5.41) is 13.7. The van der Waals surface area contributed by atoms with E-state index in [1.165, 1.54) is 17.3 Å². The molecule has 1 amide bonds. The minimum atomic E-state index is -0.0711. The Hall–Kier alpha value is -2.03. The van der Waals surface area contributed by atoms with E-state index in [0.717, 1.165) is 41.2 Å². The lowest BCUT2D eigenvalue weighted by atomic mass is 9.87. The Bertz CT molecular complexity index is 907. The maximum absolute atomic E-state index is 12.2. The van der Waals surface area contributed by atoms with E-state index in [2.05, 4.69) is 18.3 Å². The lowest BCUT2D eigenvalue weighted by molar-refractivity contribution is -0.115. The van der Waals surface area contributed by atoms with Gasteiger partial charge >= 0.3 is 0 Å². The molecule has 1 aromatic carbocycles. The van der Waals surface area contributed by atoms with Gasteiger partial charge in [0, 0.05) is 28.6 Å². The predicted molar refractivity (Wildman–Crippen MR) is 110 cm³/mol. The number of pyridine rings is 1. The van der Waals surface area contributed by atoms with Crippen molar-refractivity contribution in [3.05, 3.63) is 51.7 Å². The minimum Gasteiger partial charge on any atom is -0.326 e. The summed E-state index contributed by atoms with van der Waals surface area (Å²) in [5.41, 5.74) is 4.62. The second-order valence-corrected chi connectivity index (χ2v) is 8.53. The molecule has 1 N–H and O–H groups in total. The Balaban J connectivity index is 1.61. The van der Waals surface area contributed by atoms with Crippen LogP contribution in [0.25, 0.3) is 0 Å². The number of carbonyl (C=O) groups is 1. The Morgan fingerprint density at radius 1 is 1.44 bits per heavy atom. The Morgan fingerprint density at radius 2 is 2.26 bits per heavy atom. The molecule has 3 rings (SSSR count). The second-order valence-electron chi connectivity index (χ2n) is 7.01. The molecule has 140 valence electrons. The third-order valence-electron chi connectivity index (χ3n) is 4.76. The van der Waals surface area contributed by atoms with Gasteiger partial charge in [0.05, 0.1) is 5.56 Å². The average molecular weight is 400 g/mol. The van der Waals surface area contributed by atoms with Crippen LogP contribution >= 0.6 is 23.4 Å². The molecule has 0 aliphatic heterocycles. The fourth-order valence-electron chi connectivity index (χ4n) is 3.20. The molecule has 4 nitrogen and oxygen atoms in total. The Morgan fingerprint density at radius 3 is 3.04 bits per heavy atom. The highest BCUT2D eigenvalue weighted by atomic mass is 35.5. The molecular weight excluding hydrogens is 378 g/mol. The van der Waals surface area contributed by atoms with Crippen LogP contribution in [0.1, 0.15) is 42.1 Å². The molecule has 1 aliphatic carbocycles. The molecule has 0 saturated heterocycles. The van der Waals surface area contributed by atoms with Gasteiger partial charge in [0.2, 0.25) is 5.91 Å². The number of aromatic nitrogens is 1. The lowest BCUT2D eigenvalue weighted by Crippen LogP contribution is -2.15. The van der Waals surface area contributed by atoms with Crippen molar-refractivity contribution in [1.82, 2.24) is 4.98 Å². The van der Waals surface area contributed by atoms with Crippen LogP contribution in [0.15, 0.2) is 29.3 Å². The normalized spacial score (nSPS) is 15.7. The molecule has 6 heteroatoms. The summed E-state index contributed by atoms with van der Waals surface area (Å²) in [6.45, 7) is 4.16. The highest BCUT2D eigenvalue weighted by molar-refractivity contribution is 7.99. The smallest absolute Gasteiger partial charge is 0.225 e. The van der Waals surface area contributed by atoms with Gasteiger partial charge in [0.1, 0.15) is 11.1 Å². The monoisotopic (exact) mass is 399 g/mol. The van der Waals surface area contributed by atoms with E-state index >= 15 is 0 Å². The third-order valence-corrected chi connectivity index (χ3v) is 5.99. The summed E-state index contributed by atoms with van der Waals surface area (Å²) in [4.78, 5) is 17.0. The highest BCUT2D eigenvalue weighted by Crippen LogP contribution is 2.29. The van der Waals surface area contributed by atoms with E-state index in [0.29, 0.717) is 28.7 Å². The zero-order chi connectivity index (χ0) is 19.4. The first-order valence-electron chi connectivity index (χ1n) is 9.08. The number of hydrogen-bond acceptors (Lipinski definition) is 4. The number of aryl methyl sites for hydroxylation is 2. The summed E-state index contributed by atoms with van der Waals surface area (Å²) in [6, 6.07) is 9.67.